The summed E-state index contributed by atoms with van der Waals surface area (Å²) in [5.74, 6) is 0. The first-order valence-electron chi connectivity index (χ1n) is 5.93. The fourth-order valence-electron chi connectivity index (χ4n) is 1.46. The summed E-state index contributed by atoms with van der Waals surface area (Å²) in [4.78, 5) is 0. The Morgan fingerprint density at radius 3 is 2.74 bits per heavy atom. The molecule has 104 valence electrons. The van der Waals surface area contributed by atoms with Gasteiger partial charge < -0.3 is 10.7 Å². The molecule has 0 atom stereocenters. The second-order valence-corrected chi connectivity index (χ2v) is 4.01. The topological polar surface area (TPSA) is 78.6 Å². The molecule has 1 heterocycles. The fraction of sp³-hybridized carbons (Fsp3) is 0.455. The summed E-state index contributed by atoms with van der Waals surface area (Å²) in [6, 6.07) is 1.90. The van der Waals surface area contributed by atoms with Crippen LogP contribution in [-0.4, -0.2) is 40.4 Å². The molecule has 0 spiro atoms. The second-order valence-electron chi connectivity index (χ2n) is 3.60. The van der Waals surface area contributed by atoms with Crippen LogP contribution in [0.4, 0.5) is 0 Å². The van der Waals surface area contributed by atoms with Gasteiger partial charge in [0.05, 0.1) is 11.4 Å². The largest absolute Gasteiger partial charge is 0.364 e. The van der Waals surface area contributed by atoms with Crippen LogP contribution in [0.25, 0.3) is 0 Å². The summed E-state index contributed by atoms with van der Waals surface area (Å²) >= 11 is 4.97. The number of hydrogen-bond acceptors (Lipinski definition) is 5. The van der Waals surface area contributed by atoms with Crippen LogP contribution in [0.3, 0.4) is 0 Å². The minimum absolute atomic E-state index is 0.451. The zero-order valence-corrected chi connectivity index (χ0v) is 12.4. The fourth-order valence-corrected chi connectivity index (χ4v) is 1.51. The Balaban J connectivity index is 3.02. The van der Waals surface area contributed by atoms with Crippen LogP contribution in [0.2, 0.25) is 0 Å². The number of aryl methyl sites for hydroxylation is 1. The molecule has 0 radical (unpaired) electrons. The van der Waals surface area contributed by atoms with Crippen molar-refractivity contribution in [2.24, 2.45) is 10.2 Å². The van der Waals surface area contributed by atoms with Gasteiger partial charge in [0.2, 0.25) is 0 Å². The lowest BCUT2D eigenvalue weighted by Gasteiger charge is -2.09. The Kier molecular flexibility index (Phi) is 5.94. The van der Waals surface area contributed by atoms with Crippen LogP contribution in [0.5, 0.6) is 0 Å². The number of nitrogens with one attached hydrogen (secondary N) is 3. The summed E-state index contributed by atoms with van der Waals surface area (Å²) in [6.07, 6.45) is 1.74. The lowest BCUT2D eigenvalue weighted by Crippen LogP contribution is -2.31. The van der Waals surface area contributed by atoms with Gasteiger partial charge in [-0.3, -0.25) is 10.1 Å². The molecule has 0 unspecified atom stereocenters. The number of rotatable bonds is 5. The van der Waals surface area contributed by atoms with Gasteiger partial charge >= 0.3 is 0 Å². The molecular formula is C11H19N7S. The zero-order chi connectivity index (χ0) is 14.3. The van der Waals surface area contributed by atoms with E-state index in [1.165, 1.54) is 0 Å². The summed E-state index contributed by atoms with van der Waals surface area (Å²) in [6.45, 7) is 4.64. The van der Waals surface area contributed by atoms with Gasteiger partial charge in [0.1, 0.15) is 5.71 Å². The summed E-state index contributed by atoms with van der Waals surface area (Å²) < 4.78 is 1.85. The predicted octanol–water partition coefficient (Wildman–Crippen LogP) is 0.296. The molecule has 0 saturated heterocycles. The van der Waals surface area contributed by atoms with Crippen LogP contribution in [0.15, 0.2) is 22.5 Å². The number of nitrogens with zero attached hydrogens (tertiary/aromatic N) is 4. The van der Waals surface area contributed by atoms with Crippen molar-refractivity contribution >= 4 is 28.8 Å². The van der Waals surface area contributed by atoms with E-state index in [-0.39, 0.29) is 0 Å². The van der Waals surface area contributed by atoms with Crippen molar-refractivity contribution < 1.29 is 0 Å². The number of hydrazone groups is 2. The molecule has 0 fully saturated rings. The quantitative estimate of drug-likeness (QED) is 0.411. The first-order valence-corrected chi connectivity index (χ1v) is 6.33. The van der Waals surface area contributed by atoms with Gasteiger partial charge in [-0.05, 0) is 32.1 Å². The van der Waals surface area contributed by atoms with Gasteiger partial charge in [0.15, 0.2) is 5.11 Å². The van der Waals surface area contributed by atoms with E-state index in [0.29, 0.717) is 16.5 Å². The van der Waals surface area contributed by atoms with E-state index < -0.39 is 0 Å². The number of aromatic nitrogens is 2. The average molecular weight is 281 g/mol. The molecule has 0 amide bonds. The Hall–Kier alpha value is -1.96. The second kappa shape index (κ2) is 7.47. The lowest BCUT2D eigenvalue weighted by molar-refractivity contribution is 0.654. The summed E-state index contributed by atoms with van der Waals surface area (Å²) in [5, 5.41) is 15.9. The highest BCUT2D eigenvalue weighted by atomic mass is 32.1. The van der Waals surface area contributed by atoms with E-state index in [4.69, 9.17) is 12.2 Å². The Labute approximate surface area is 118 Å². The molecule has 0 aliphatic rings. The molecule has 7 nitrogen and oxygen atoms in total. The maximum absolute atomic E-state index is 4.97. The first kappa shape index (κ1) is 15.1. The molecule has 3 N–H and O–H groups in total. The smallest absolute Gasteiger partial charge is 0.186 e. The van der Waals surface area contributed by atoms with Gasteiger partial charge in [0.25, 0.3) is 0 Å². The molecule has 0 saturated carbocycles. The third-order valence-electron chi connectivity index (χ3n) is 2.38. The Morgan fingerprint density at radius 1 is 1.42 bits per heavy atom. The van der Waals surface area contributed by atoms with Crippen molar-refractivity contribution in [3.05, 3.63) is 18.0 Å². The van der Waals surface area contributed by atoms with Gasteiger partial charge in [-0.2, -0.15) is 15.3 Å². The number of hydrogen-bond donors (Lipinski definition) is 3. The van der Waals surface area contributed by atoms with Gasteiger partial charge in [-0.1, -0.05) is 0 Å². The van der Waals surface area contributed by atoms with Crippen molar-refractivity contribution in [2.45, 2.75) is 20.4 Å². The minimum atomic E-state index is 0.451. The molecule has 0 bridgehead atoms. The van der Waals surface area contributed by atoms with Gasteiger partial charge in [-0.25, -0.2) is 0 Å². The van der Waals surface area contributed by atoms with Crippen molar-refractivity contribution in [2.75, 3.05) is 14.1 Å². The van der Waals surface area contributed by atoms with Crippen LogP contribution in [0, 0.1) is 0 Å². The highest BCUT2D eigenvalue weighted by molar-refractivity contribution is 7.80. The molecular weight excluding hydrogens is 262 g/mol. The maximum Gasteiger partial charge on any atom is 0.186 e. The van der Waals surface area contributed by atoms with E-state index >= 15 is 0 Å². The van der Waals surface area contributed by atoms with Gasteiger partial charge in [-0.15, -0.1) is 0 Å². The Bertz CT molecular complexity index is 489. The van der Waals surface area contributed by atoms with E-state index in [0.717, 1.165) is 12.2 Å². The molecule has 19 heavy (non-hydrogen) atoms. The molecule has 0 aromatic carbocycles. The highest BCUT2D eigenvalue weighted by Crippen LogP contribution is 2.03. The van der Waals surface area contributed by atoms with Crippen LogP contribution < -0.4 is 16.2 Å². The molecule has 1 rings (SSSR count). The van der Waals surface area contributed by atoms with E-state index in [2.05, 4.69) is 31.5 Å². The lowest BCUT2D eigenvalue weighted by atomic mass is 10.2. The molecule has 0 aliphatic heterocycles. The third-order valence-corrected chi connectivity index (χ3v) is 2.67. The zero-order valence-electron chi connectivity index (χ0n) is 11.6. The predicted molar refractivity (Wildman–Crippen MR) is 81.4 cm³/mol. The highest BCUT2D eigenvalue weighted by Gasteiger charge is 2.13. The van der Waals surface area contributed by atoms with Crippen molar-refractivity contribution in [3.63, 3.8) is 0 Å². The van der Waals surface area contributed by atoms with E-state index in [1.54, 1.807) is 20.3 Å². The SMILES string of the molecule is CCn1nccc1C(=N\NC)/C(C)=N/NC(=S)NC. The first-order chi connectivity index (χ1) is 9.13. The van der Waals surface area contributed by atoms with E-state index in [9.17, 15) is 0 Å². The Morgan fingerprint density at radius 2 is 2.16 bits per heavy atom. The van der Waals surface area contributed by atoms with Crippen LogP contribution in [-0.2, 0) is 6.54 Å². The monoisotopic (exact) mass is 281 g/mol. The average Bonchev–Trinajstić information content (AvgIpc) is 2.89. The van der Waals surface area contributed by atoms with Crippen molar-refractivity contribution in [3.8, 4) is 0 Å². The molecule has 1 aromatic heterocycles. The standard InChI is InChI=1S/C11H19N7S/c1-5-18-9(6-7-14-18)10(16-13-4)8(2)15-17-11(19)12-3/h6-7,13H,5H2,1-4H3,(H2,12,17,19)/b15-8+,16-10-. The van der Waals surface area contributed by atoms with Crippen LogP contribution >= 0.6 is 12.2 Å². The van der Waals surface area contributed by atoms with E-state index in [1.807, 2.05) is 24.6 Å². The van der Waals surface area contributed by atoms with Crippen molar-refractivity contribution in [1.29, 1.82) is 0 Å². The van der Waals surface area contributed by atoms with Crippen LogP contribution in [0.1, 0.15) is 19.5 Å². The number of thiocarbonyl (C=S) groups is 1. The normalized spacial score (nSPS) is 12.2. The van der Waals surface area contributed by atoms with Crippen molar-refractivity contribution in [1.82, 2.24) is 25.9 Å². The minimum Gasteiger partial charge on any atom is -0.364 e. The molecule has 8 heteroatoms. The van der Waals surface area contributed by atoms with Gasteiger partial charge in [0, 0.05) is 26.8 Å². The summed E-state index contributed by atoms with van der Waals surface area (Å²) in [7, 11) is 3.47. The molecule has 0 aliphatic carbocycles. The molecule has 1 aromatic rings. The third kappa shape index (κ3) is 4.02. The maximum atomic E-state index is 4.97. The summed E-state index contributed by atoms with van der Waals surface area (Å²) in [5.41, 5.74) is 7.84.